The number of rotatable bonds is 11. The van der Waals surface area contributed by atoms with Crippen LogP contribution >= 0.6 is 0 Å². The first kappa shape index (κ1) is 23.1. The summed E-state index contributed by atoms with van der Waals surface area (Å²) in [5.41, 5.74) is 1.41. The standard InChI is InChI=1S/C26H36N2O3/c1-4-28(5-2)19-8-20-31-24-15-11-22(12-16-24)27-25(29)26(17-6-7-18-26)21-9-13-23(30-3)14-10-21/h9-16H,4-8,17-20H2,1-3H3,(H,27,29). The quantitative estimate of drug-likeness (QED) is 0.500. The Morgan fingerprint density at radius 3 is 2.16 bits per heavy atom. The highest BCUT2D eigenvalue weighted by atomic mass is 16.5. The molecule has 5 heteroatoms. The van der Waals surface area contributed by atoms with E-state index in [1.165, 1.54) is 0 Å². The van der Waals surface area contributed by atoms with E-state index in [9.17, 15) is 4.79 Å². The van der Waals surface area contributed by atoms with E-state index in [2.05, 4.69) is 24.1 Å². The van der Waals surface area contributed by atoms with Crippen molar-refractivity contribution in [1.82, 2.24) is 4.90 Å². The maximum atomic E-state index is 13.3. The topological polar surface area (TPSA) is 50.8 Å². The van der Waals surface area contributed by atoms with Crippen LogP contribution in [0.2, 0.25) is 0 Å². The molecule has 0 unspecified atom stereocenters. The smallest absolute Gasteiger partial charge is 0.235 e. The molecule has 1 aliphatic carbocycles. The van der Waals surface area contributed by atoms with E-state index in [1.807, 2.05) is 48.5 Å². The summed E-state index contributed by atoms with van der Waals surface area (Å²) in [4.78, 5) is 15.7. The first-order valence-electron chi connectivity index (χ1n) is 11.5. The summed E-state index contributed by atoms with van der Waals surface area (Å²) in [6, 6.07) is 15.6. The van der Waals surface area contributed by atoms with E-state index in [1.54, 1.807) is 7.11 Å². The first-order valence-corrected chi connectivity index (χ1v) is 11.5. The molecule has 168 valence electrons. The van der Waals surface area contributed by atoms with Gasteiger partial charge in [0, 0.05) is 12.2 Å². The normalized spacial score (nSPS) is 15.1. The van der Waals surface area contributed by atoms with Gasteiger partial charge in [0.1, 0.15) is 11.5 Å². The third kappa shape index (κ3) is 5.79. The van der Waals surface area contributed by atoms with Crippen molar-refractivity contribution in [3.05, 3.63) is 54.1 Å². The van der Waals surface area contributed by atoms with Crippen LogP contribution in [0.5, 0.6) is 11.5 Å². The maximum absolute atomic E-state index is 13.3. The van der Waals surface area contributed by atoms with Gasteiger partial charge in [0.2, 0.25) is 5.91 Å². The Hall–Kier alpha value is -2.53. The number of nitrogens with zero attached hydrogens (tertiary/aromatic N) is 1. The predicted octanol–water partition coefficient (Wildman–Crippen LogP) is 5.26. The molecule has 0 bridgehead atoms. The van der Waals surface area contributed by atoms with Crippen LogP contribution in [0, 0.1) is 0 Å². The van der Waals surface area contributed by atoms with Crippen LogP contribution in [0.1, 0.15) is 51.5 Å². The van der Waals surface area contributed by atoms with Crippen LogP contribution in [0.25, 0.3) is 0 Å². The van der Waals surface area contributed by atoms with Gasteiger partial charge in [0.25, 0.3) is 0 Å². The predicted molar refractivity (Wildman–Crippen MR) is 126 cm³/mol. The third-order valence-corrected chi connectivity index (χ3v) is 6.43. The summed E-state index contributed by atoms with van der Waals surface area (Å²) in [6.45, 7) is 8.26. The molecule has 0 radical (unpaired) electrons. The number of hydrogen-bond acceptors (Lipinski definition) is 4. The molecule has 0 aromatic heterocycles. The zero-order valence-corrected chi connectivity index (χ0v) is 19.2. The molecule has 0 aliphatic heterocycles. The number of anilines is 1. The van der Waals surface area contributed by atoms with Gasteiger partial charge in [-0.25, -0.2) is 0 Å². The molecular weight excluding hydrogens is 388 g/mol. The lowest BCUT2D eigenvalue weighted by Crippen LogP contribution is -2.37. The van der Waals surface area contributed by atoms with Gasteiger partial charge in [0.05, 0.1) is 19.1 Å². The molecule has 3 rings (SSSR count). The van der Waals surface area contributed by atoms with Gasteiger partial charge in [-0.05, 0) is 74.3 Å². The number of benzene rings is 2. The van der Waals surface area contributed by atoms with Crippen LogP contribution < -0.4 is 14.8 Å². The lowest BCUT2D eigenvalue weighted by molar-refractivity contribution is -0.121. The molecule has 31 heavy (non-hydrogen) atoms. The molecule has 2 aromatic rings. The fourth-order valence-corrected chi connectivity index (χ4v) is 4.44. The highest BCUT2D eigenvalue weighted by Gasteiger charge is 2.42. The first-order chi connectivity index (χ1) is 15.1. The van der Waals surface area contributed by atoms with E-state index in [-0.39, 0.29) is 5.91 Å². The monoisotopic (exact) mass is 424 g/mol. The average Bonchev–Trinajstić information content (AvgIpc) is 3.32. The highest BCUT2D eigenvalue weighted by Crippen LogP contribution is 2.42. The van der Waals surface area contributed by atoms with Crippen molar-refractivity contribution in [3.63, 3.8) is 0 Å². The lowest BCUT2D eigenvalue weighted by Gasteiger charge is -2.28. The van der Waals surface area contributed by atoms with E-state index in [4.69, 9.17) is 9.47 Å². The van der Waals surface area contributed by atoms with E-state index >= 15 is 0 Å². The number of carbonyl (C=O) groups excluding carboxylic acids is 1. The molecule has 1 saturated carbocycles. The van der Waals surface area contributed by atoms with E-state index in [0.717, 1.165) is 74.5 Å². The molecule has 0 saturated heterocycles. The Balaban J connectivity index is 1.58. The summed E-state index contributed by atoms with van der Waals surface area (Å²) in [7, 11) is 1.66. The molecule has 1 fully saturated rings. The van der Waals surface area contributed by atoms with Crippen molar-refractivity contribution in [2.24, 2.45) is 0 Å². The van der Waals surface area contributed by atoms with Crippen molar-refractivity contribution in [2.75, 3.05) is 38.7 Å². The Labute approximate surface area is 186 Å². The Morgan fingerprint density at radius 2 is 1.58 bits per heavy atom. The largest absolute Gasteiger partial charge is 0.497 e. The molecule has 2 aromatic carbocycles. The van der Waals surface area contributed by atoms with Crippen molar-refractivity contribution >= 4 is 11.6 Å². The summed E-state index contributed by atoms with van der Waals surface area (Å²) < 4.78 is 11.1. The number of carbonyl (C=O) groups is 1. The van der Waals surface area contributed by atoms with Crippen LogP contribution in [-0.4, -0.2) is 44.2 Å². The maximum Gasteiger partial charge on any atom is 0.235 e. The Bertz CT molecular complexity index is 808. The summed E-state index contributed by atoms with van der Waals surface area (Å²) in [5.74, 6) is 1.72. The van der Waals surface area contributed by atoms with Gasteiger partial charge in [-0.1, -0.05) is 38.8 Å². The highest BCUT2D eigenvalue weighted by molar-refractivity contribution is 5.99. The van der Waals surface area contributed by atoms with Crippen LogP contribution in [0.15, 0.2) is 48.5 Å². The van der Waals surface area contributed by atoms with Gasteiger partial charge in [-0.3, -0.25) is 4.79 Å². The number of nitrogens with one attached hydrogen (secondary N) is 1. The van der Waals surface area contributed by atoms with Gasteiger partial charge < -0.3 is 19.7 Å². The van der Waals surface area contributed by atoms with Crippen molar-refractivity contribution in [2.45, 2.75) is 51.4 Å². The summed E-state index contributed by atoms with van der Waals surface area (Å²) in [6.07, 6.45) is 4.89. The molecule has 1 amide bonds. The Kier molecular flexibility index (Phi) is 8.35. The van der Waals surface area contributed by atoms with Crippen LogP contribution in [-0.2, 0) is 10.2 Å². The second kappa shape index (κ2) is 11.2. The zero-order chi connectivity index (χ0) is 22.1. The third-order valence-electron chi connectivity index (χ3n) is 6.43. The minimum atomic E-state index is -0.466. The molecule has 1 N–H and O–H groups in total. The second-order valence-electron chi connectivity index (χ2n) is 8.23. The molecular formula is C26H36N2O3. The Morgan fingerprint density at radius 1 is 0.968 bits per heavy atom. The van der Waals surface area contributed by atoms with Crippen LogP contribution in [0.3, 0.4) is 0 Å². The van der Waals surface area contributed by atoms with Gasteiger partial charge >= 0.3 is 0 Å². The van der Waals surface area contributed by atoms with Gasteiger partial charge in [0.15, 0.2) is 0 Å². The summed E-state index contributed by atoms with van der Waals surface area (Å²) >= 11 is 0. The molecule has 1 aliphatic rings. The fourth-order valence-electron chi connectivity index (χ4n) is 4.44. The van der Waals surface area contributed by atoms with E-state index in [0.29, 0.717) is 6.61 Å². The summed E-state index contributed by atoms with van der Waals surface area (Å²) in [5, 5.41) is 3.14. The SMILES string of the molecule is CCN(CC)CCCOc1ccc(NC(=O)C2(c3ccc(OC)cc3)CCCC2)cc1. The van der Waals surface area contributed by atoms with Gasteiger partial charge in [-0.2, -0.15) is 0 Å². The molecule has 0 atom stereocenters. The number of methoxy groups -OCH3 is 1. The number of hydrogen-bond donors (Lipinski definition) is 1. The lowest BCUT2D eigenvalue weighted by atomic mass is 9.78. The van der Waals surface area contributed by atoms with Crippen molar-refractivity contribution in [1.29, 1.82) is 0 Å². The molecule has 0 spiro atoms. The second-order valence-corrected chi connectivity index (χ2v) is 8.23. The van der Waals surface area contributed by atoms with E-state index < -0.39 is 5.41 Å². The molecule has 5 nitrogen and oxygen atoms in total. The minimum Gasteiger partial charge on any atom is -0.497 e. The fraction of sp³-hybridized carbons (Fsp3) is 0.500. The number of amides is 1. The minimum absolute atomic E-state index is 0.0723. The van der Waals surface area contributed by atoms with Crippen molar-refractivity contribution in [3.8, 4) is 11.5 Å². The van der Waals surface area contributed by atoms with Gasteiger partial charge in [-0.15, -0.1) is 0 Å². The zero-order valence-electron chi connectivity index (χ0n) is 19.2. The average molecular weight is 425 g/mol. The van der Waals surface area contributed by atoms with Crippen LogP contribution in [0.4, 0.5) is 5.69 Å². The molecule has 0 heterocycles. The number of ether oxygens (including phenoxy) is 2. The van der Waals surface area contributed by atoms with Crippen molar-refractivity contribution < 1.29 is 14.3 Å².